The van der Waals surface area contributed by atoms with Crippen LogP contribution < -0.4 is 16.0 Å². The maximum absolute atomic E-state index is 12.0. The van der Waals surface area contributed by atoms with Crippen LogP contribution in [-0.4, -0.2) is 42.4 Å². The second-order valence-electron chi connectivity index (χ2n) is 5.27. The van der Waals surface area contributed by atoms with Gasteiger partial charge >= 0.3 is 0 Å². The Morgan fingerprint density at radius 1 is 1.43 bits per heavy atom. The molecule has 1 fully saturated rings. The number of nitro benzene ring substituents is 1. The van der Waals surface area contributed by atoms with Crippen molar-refractivity contribution >= 4 is 29.9 Å². The number of nitro groups is 1. The first-order valence-electron chi connectivity index (χ1n) is 7.01. The van der Waals surface area contributed by atoms with Crippen LogP contribution in [0, 0.1) is 16.0 Å². The number of non-ortho nitro benzene ring substituents is 1. The van der Waals surface area contributed by atoms with Gasteiger partial charge in [0.15, 0.2) is 0 Å². The van der Waals surface area contributed by atoms with Gasteiger partial charge in [0.2, 0.25) is 5.91 Å². The van der Waals surface area contributed by atoms with Crippen LogP contribution in [0.25, 0.3) is 0 Å². The molecule has 9 heteroatoms. The standard InChI is InChI=1S/C14H18N4O4.ClH/c1-9(13(19)16-8-10-6-15-7-10)17-14(20)11-3-2-4-12(5-11)18(21)22;/h2-5,9-10,15H,6-8H2,1H3,(H,16,19)(H,17,20);1H. The Morgan fingerprint density at radius 2 is 2.13 bits per heavy atom. The summed E-state index contributed by atoms with van der Waals surface area (Å²) >= 11 is 0. The lowest BCUT2D eigenvalue weighted by Crippen LogP contribution is -2.51. The van der Waals surface area contributed by atoms with Crippen LogP contribution in [0.2, 0.25) is 0 Å². The molecule has 1 heterocycles. The molecule has 2 rings (SSSR count). The van der Waals surface area contributed by atoms with E-state index < -0.39 is 16.9 Å². The van der Waals surface area contributed by atoms with Crippen molar-refractivity contribution in [3.63, 3.8) is 0 Å². The van der Waals surface area contributed by atoms with E-state index in [1.807, 2.05) is 0 Å². The first-order chi connectivity index (χ1) is 10.5. The van der Waals surface area contributed by atoms with Gasteiger partial charge in [0, 0.05) is 43.2 Å². The molecule has 1 saturated heterocycles. The zero-order valence-corrected chi connectivity index (χ0v) is 13.4. The fourth-order valence-electron chi connectivity index (χ4n) is 2.00. The number of hydrogen-bond donors (Lipinski definition) is 3. The third kappa shape index (κ3) is 5.19. The number of nitrogens with one attached hydrogen (secondary N) is 3. The lowest BCUT2D eigenvalue weighted by Gasteiger charge is -2.27. The molecular formula is C14H19ClN4O4. The second-order valence-corrected chi connectivity index (χ2v) is 5.27. The zero-order valence-electron chi connectivity index (χ0n) is 12.6. The Hall–Kier alpha value is -2.19. The maximum atomic E-state index is 12.0. The van der Waals surface area contributed by atoms with Crippen molar-refractivity contribution in [3.05, 3.63) is 39.9 Å². The molecule has 0 saturated carbocycles. The van der Waals surface area contributed by atoms with Crippen molar-refractivity contribution in [1.82, 2.24) is 16.0 Å². The molecule has 0 radical (unpaired) electrons. The highest BCUT2D eigenvalue weighted by Crippen LogP contribution is 2.13. The average Bonchev–Trinajstić information content (AvgIpc) is 2.45. The van der Waals surface area contributed by atoms with Crippen LogP contribution in [0.3, 0.4) is 0 Å². The second kappa shape index (κ2) is 8.44. The van der Waals surface area contributed by atoms with Gasteiger partial charge in [0.05, 0.1) is 4.92 Å². The molecular weight excluding hydrogens is 324 g/mol. The van der Waals surface area contributed by atoms with E-state index in [9.17, 15) is 19.7 Å². The summed E-state index contributed by atoms with van der Waals surface area (Å²) < 4.78 is 0. The molecule has 0 spiro atoms. The van der Waals surface area contributed by atoms with E-state index in [2.05, 4.69) is 16.0 Å². The van der Waals surface area contributed by atoms with Crippen molar-refractivity contribution in [2.45, 2.75) is 13.0 Å². The molecule has 0 aromatic heterocycles. The summed E-state index contributed by atoms with van der Waals surface area (Å²) in [5.41, 5.74) is -0.0146. The lowest BCUT2D eigenvalue weighted by molar-refractivity contribution is -0.384. The molecule has 23 heavy (non-hydrogen) atoms. The predicted octanol–water partition coefficient (Wildman–Crippen LogP) is 0.470. The molecule has 8 nitrogen and oxygen atoms in total. The highest BCUT2D eigenvalue weighted by atomic mass is 35.5. The van der Waals surface area contributed by atoms with Crippen molar-refractivity contribution in [3.8, 4) is 0 Å². The third-order valence-electron chi connectivity index (χ3n) is 3.49. The van der Waals surface area contributed by atoms with Gasteiger partial charge < -0.3 is 16.0 Å². The van der Waals surface area contributed by atoms with E-state index in [0.717, 1.165) is 13.1 Å². The van der Waals surface area contributed by atoms with Crippen LogP contribution in [-0.2, 0) is 4.79 Å². The lowest BCUT2D eigenvalue weighted by atomic mass is 10.0. The number of carbonyl (C=O) groups is 2. The number of carbonyl (C=O) groups excluding carboxylic acids is 2. The Labute approximate surface area is 139 Å². The normalized spacial score (nSPS) is 14.8. The molecule has 3 N–H and O–H groups in total. The van der Waals surface area contributed by atoms with Crippen LogP contribution >= 0.6 is 12.4 Å². The van der Waals surface area contributed by atoms with Gasteiger partial charge in [-0.3, -0.25) is 19.7 Å². The number of nitrogens with zero attached hydrogens (tertiary/aromatic N) is 1. The fourth-order valence-corrected chi connectivity index (χ4v) is 2.00. The molecule has 1 aliphatic rings. The largest absolute Gasteiger partial charge is 0.354 e. The van der Waals surface area contributed by atoms with Crippen molar-refractivity contribution in [2.75, 3.05) is 19.6 Å². The van der Waals surface area contributed by atoms with Crippen molar-refractivity contribution < 1.29 is 14.5 Å². The van der Waals surface area contributed by atoms with Gasteiger partial charge in [0.1, 0.15) is 6.04 Å². The van der Waals surface area contributed by atoms with E-state index in [0.29, 0.717) is 12.5 Å². The van der Waals surface area contributed by atoms with Crippen LogP contribution in [0.5, 0.6) is 0 Å². The third-order valence-corrected chi connectivity index (χ3v) is 3.49. The summed E-state index contributed by atoms with van der Waals surface area (Å²) in [6.45, 7) is 3.91. The minimum Gasteiger partial charge on any atom is -0.354 e. The van der Waals surface area contributed by atoms with E-state index in [-0.39, 0.29) is 29.6 Å². The number of amides is 2. The van der Waals surface area contributed by atoms with Gasteiger partial charge in [-0.05, 0) is 13.0 Å². The van der Waals surface area contributed by atoms with E-state index in [1.54, 1.807) is 6.92 Å². The Bertz CT molecular complexity index is 592. The topological polar surface area (TPSA) is 113 Å². The summed E-state index contributed by atoms with van der Waals surface area (Å²) in [4.78, 5) is 34.0. The molecule has 1 unspecified atom stereocenters. The minimum atomic E-state index is -0.709. The van der Waals surface area contributed by atoms with Crippen LogP contribution in [0.15, 0.2) is 24.3 Å². The summed E-state index contributed by atoms with van der Waals surface area (Å²) in [6, 6.07) is 4.67. The van der Waals surface area contributed by atoms with Gasteiger partial charge in [-0.15, -0.1) is 12.4 Å². The van der Waals surface area contributed by atoms with Gasteiger partial charge in [-0.1, -0.05) is 6.07 Å². The summed E-state index contributed by atoms with van der Waals surface area (Å²) in [7, 11) is 0. The molecule has 1 aromatic carbocycles. The van der Waals surface area contributed by atoms with Crippen LogP contribution in [0.1, 0.15) is 17.3 Å². The number of benzene rings is 1. The first kappa shape index (κ1) is 18.9. The van der Waals surface area contributed by atoms with Crippen LogP contribution in [0.4, 0.5) is 5.69 Å². The highest BCUT2D eigenvalue weighted by Gasteiger charge is 2.21. The highest BCUT2D eigenvalue weighted by molar-refractivity contribution is 5.97. The van der Waals surface area contributed by atoms with Gasteiger partial charge in [0.25, 0.3) is 11.6 Å². The fraction of sp³-hybridized carbons (Fsp3) is 0.429. The number of hydrogen-bond acceptors (Lipinski definition) is 5. The van der Waals surface area contributed by atoms with E-state index in [4.69, 9.17) is 0 Å². The molecule has 1 aromatic rings. The minimum absolute atomic E-state index is 0. The van der Waals surface area contributed by atoms with E-state index >= 15 is 0 Å². The molecule has 1 aliphatic heterocycles. The predicted molar refractivity (Wildman–Crippen MR) is 86.6 cm³/mol. The van der Waals surface area contributed by atoms with E-state index in [1.165, 1.54) is 24.3 Å². The number of rotatable bonds is 6. The Morgan fingerprint density at radius 3 is 2.70 bits per heavy atom. The van der Waals surface area contributed by atoms with Crippen molar-refractivity contribution in [1.29, 1.82) is 0 Å². The zero-order chi connectivity index (χ0) is 16.1. The van der Waals surface area contributed by atoms with Crippen molar-refractivity contribution in [2.24, 2.45) is 5.92 Å². The number of halogens is 1. The molecule has 0 aliphatic carbocycles. The monoisotopic (exact) mass is 342 g/mol. The quantitative estimate of drug-likeness (QED) is 0.513. The molecule has 1 atom stereocenters. The smallest absolute Gasteiger partial charge is 0.270 e. The Kier molecular flexibility index (Phi) is 6.92. The molecule has 126 valence electrons. The first-order valence-corrected chi connectivity index (χ1v) is 7.01. The molecule has 2 amide bonds. The SMILES string of the molecule is CC(NC(=O)c1cccc([N+](=O)[O-])c1)C(=O)NCC1CNC1.Cl. The summed E-state index contributed by atoms with van der Waals surface area (Å²) in [5, 5.41) is 19.1. The van der Waals surface area contributed by atoms with Gasteiger partial charge in [-0.25, -0.2) is 0 Å². The maximum Gasteiger partial charge on any atom is 0.270 e. The average molecular weight is 343 g/mol. The molecule has 0 bridgehead atoms. The summed E-state index contributed by atoms with van der Waals surface area (Å²) in [5.74, 6) is -0.356. The Balaban J connectivity index is 0.00000264. The summed E-state index contributed by atoms with van der Waals surface area (Å²) in [6.07, 6.45) is 0. The van der Waals surface area contributed by atoms with Gasteiger partial charge in [-0.2, -0.15) is 0 Å².